The topological polar surface area (TPSA) is 13.1 Å². The summed E-state index contributed by atoms with van der Waals surface area (Å²) in [5.41, 5.74) is 1.68. The minimum absolute atomic E-state index is 0.830. The Morgan fingerprint density at radius 3 is 2.11 bits per heavy atom. The summed E-state index contributed by atoms with van der Waals surface area (Å²) < 4.78 is 10.8. The zero-order valence-corrected chi connectivity index (χ0v) is 16.5. The number of furan rings is 1. The van der Waals surface area contributed by atoms with E-state index in [1.165, 1.54) is 0 Å². The van der Waals surface area contributed by atoms with Crippen molar-refractivity contribution in [3.05, 3.63) is 40.6 Å². The highest BCUT2D eigenvalue weighted by Gasteiger charge is 2.16. The van der Waals surface area contributed by atoms with Crippen LogP contribution in [0.5, 0.6) is 0 Å². The van der Waals surface area contributed by atoms with Gasteiger partial charge in [-0.3, -0.25) is 0 Å². The second kappa shape index (κ2) is 4.88. The van der Waals surface area contributed by atoms with E-state index < -0.39 is 0 Å². The standard InChI is InChI=1S/C12H3Br5O/c13-5-1-4-9(3-6(5)14)18-12-10(4)7(15)2-8(16)11(12)17/h1-3H. The molecule has 0 saturated heterocycles. The van der Waals surface area contributed by atoms with E-state index in [0.29, 0.717) is 0 Å². The summed E-state index contributed by atoms with van der Waals surface area (Å²) in [5, 5.41) is 2.13. The second-order valence-electron chi connectivity index (χ2n) is 3.72. The van der Waals surface area contributed by atoms with Gasteiger partial charge >= 0.3 is 0 Å². The van der Waals surface area contributed by atoms with Crippen LogP contribution in [0.4, 0.5) is 0 Å². The summed E-state index contributed by atoms with van der Waals surface area (Å²) in [6.45, 7) is 0. The molecule has 1 nitrogen and oxygen atoms in total. The first-order chi connectivity index (χ1) is 8.49. The third kappa shape index (κ3) is 2.04. The molecule has 3 rings (SSSR count). The van der Waals surface area contributed by atoms with E-state index in [-0.39, 0.29) is 0 Å². The molecule has 92 valence electrons. The Hall–Kier alpha value is 0.640. The van der Waals surface area contributed by atoms with E-state index in [9.17, 15) is 0 Å². The first kappa shape index (κ1) is 13.6. The number of halogens is 5. The molecule has 0 aliphatic rings. The lowest BCUT2D eigenvalue weighted by atomic mass is 10.1. The fourth-order valence-corrected chi connectivity index (χ4v) is 4.24. The van der Waals surface area contributed by atoms with Crippen LogP contribution in [-0.2, 0) is 0 Å². The Morgan fingerprint density at radius 2 is 1.39 bits per heavy atom. The maximum atomic E-state index is 5.92. The summed E-state index contributed by atoms with van der Waals surface area (Å²) in [7, 11) is 0. The van der Waals surface area contributed by atoms with Crippen LogP contribution in [0.2, 0.25) is 0 Å². The predicted molar refractivity (Wildman–Crippen MR) is 92.2 cm³/mol. The Balaban J connectivity index is 2.60. The van der Waals surface area contributed by atoms with Gasteiger partial charge in [-0.05, 0) is 97.8 Å². The summed E-state index contributed by atoms with van der Waals surface area (Å²) >= 11 is 17.6. The molecule has 1 heterocycles. The van der Waals surface area contributed by atoms with Gasteiger partial charge in [0.1, 0.15) is 5.58 Å². The van der Waals surface area contributed by atoms with E-state index in [2.05, 4.69) is 85.7 Å². The molecule has 0 unspecified atom stereocenters. The van der Waals surface area contributed by atoms with Crippen molar-refractivity contribution in [2.24, 2.45) is 0 Å². The van der Waals surface area contributed by atoms with Gasteiger partial charge in [0.05, 0.1) is 4.47 Å². The first-order valence-corrected chi connectivity index (χ1v) is 8.80. The average molecular weight is 563 g/mol. The molecule has 0 radical (unpaired) electrons. The smallest absolute Gasteiger partial charge is 0.151 e. The van der Waals surface area contributed by atoms with Crippen molar-refractivity contribution in [2.45, 2.75) is 0 Å². The van der Waals surface area contributed by atoms with Crippen LogP contribution < -0.4 is 0 Å². The second-order valence-corrected chi connectivity index (χ2v) is 7.93. The average Bonchev–Trinajstić information content (AvgIpc) is 2.66. The minimum Gasteiger partial charge on any atom is -0.455 e. The minimum atomic E-state index is 0.830. The van der Waals surface area contributed by atoms with Crippen LogP contribution in [-0.4, -0.2) is 0 Å². The fourth-order valence-electron chi connectivity index (χ4n) is 1.84. The van der Waals surface area contributed by atoms with Gasteiger partial charge in [0, 0.05) is 28.7 Å². The molecule has 2 aromatic carbocycles. The molecule has 0 saturated carbocycles. The van der Waals surface area contributed by atoms with Crippen molar-refractivity contribution < 1.29 is 4.42 Å². The lowest BCUT2D eigenvalue weighted by molar-refractivity contribution is 0.666. The van der Waals surface area contributed by atoms with E-state index >= 15 is 0 Å². The quantitative estimate of drug-likeness (QED) is 0.260. The molecule has 18 heavy (non-hydrogen) atoms. The van der Waals surface area contributed by atoms with Gasteiger partial charge < -0.3 is 4.42 Å². The van der Waals surface area contributed by atoms with E-state index in [4.69, 9.17) is 4.42 Å². The van der Waals surface area contributed by atoms with Crippen LogP contribution in [0.15, 0.2) is 45.0 Å². The molecule has 0 aliphatic carbocycles. The number of hydrogen-bond acceptors (Lipinski definition) is 1. The number of benzene rings is 2. The molecular weight excluding hydrogens is 560 g/mol. The van der Waals surface area contributed by atoms with Gasteiger partial charge in [-0.15, -0.1) is 0 Å². The highest BCUT2D eigenvalue weighted by molar-refractivity contribution is 9.13. The van der Waals surface area contributed by atoms with Crippen molar-refractivity contribution >= 4 is 102 Å². The van der Waals surface area contributed by atoms with Crippen molar-refractivity contribution in [3.63, 3.8) is 0 Å². The molecule has 0 spiro atoms. The summed E-state index contributed by atoms with van der Waals surface area (Å²) in [6, 6.07) is 6.03. The van der Waals surface area contributed by atoms with Crippen LogP contribution in [0.25, 0.3) is 21.9 Å². The maximum absolute atomic E-state index is 5.92. The predicted octanol–water partition coefficient (Wildman–Crippen LogP) is 7.40. The normalized spacial score (nSPS) is 11.6. The highest BCUT2D eigenvalue weighted by atomic mass is 79.9. The molecule has 3 aromatic rings. The molecule has 6 heteroatoms. The Bertz CT molecular complexity index is 790. The Kier molecular flexibility index (Phi) is 3.69. The molecule has 0 bridgehead atoms. The molecule has 0 aliphatic heterocycles. The Morgan fingerprint density at radius 1 is 0.722 bits per heavy atom. The number of rotatable bonds is 0. The third-order valence-corrected chi connectivity index (χ3v) is 7.05. The lowest BCUT2D eigenvalue weighted by Gasteiger charge is -2.00. The van der Waals surface area contributed by atoms with Crippen LogP contribution in [0.1, 0.15) is 0 Å². The van der Waals surface area contributed by atoms with E-state index in [1.54, 1.807) is 0 Å². The van der Waals surface area contributed by atoms with E-state index in [0.717, 1.165) is 44.3 Å². The first-order valence-electron chi connectivity index (χ1n) is 4.84. The van der Waals surface area contributed by atoms with Gasteiger partial charge in [-0.1, -0.05) is 0 Å². The van der Waals surface area contributed by atoms with Crippen molar-refractivity contribution in [3.8, 4) is 0 Å². The molecule has 1 aromatic heterocycles. The summed E-state index contributed by atoms with van der Waals surface area (Å²) in [4.78, 5) is 0. The molecule has 0 N–H and O–H groups in total. The summed E-state index contributed by atoms with van der Waals surface area (Å²) in [5.74, 6) is 0. The molecule has 0 atom stereocenters. The van der Waals surface area contributed by atoms with Gasteiger partial charge in [-0.25, -0.2) is 0 Å². The monoisotopic (exact) mass is 558 g/mol. The van der Waals surface area contributed by atoms with Crippen molar-refractivity contribution in [1.82, 2.24) is 0 Å². The van der Waals surface area contributed by atoms with Gasteiger partial charge in [0.15, 0.2) is 5.58 Å². The van der Waals surface area contributed by atoms with Gasteiger partial charge in [0.25, 0.3) is 0 Å². The SMILES string of the molecule is Brc1cc2oc3c(Br)c(Br)cc(Br)c3c2cc1Br. The van der Waals surface area contributed by atoms with Gasteiger partial charge in [0.2, 0.25) is 0 Å². The third-order valence-electron chi connectivity index (χ3n) is 2.63. The van der Waals surface area contributed by atoms with Crippen LogP contribution in [0, 0.1) is 0 Å². The molecular formula is C12H3Br5O. The largest absolute Gasteiger partial charge is 0.455 e. The van der Waals surface area contributed by atoms with Gasteiger partial charge in [-0.2, -0.15) is 0 Å². The highest BCUT2D eigenvalue weighted by Crippen LogP contribution is 2.43. The van der Waals surface area contributed by atoms with Crippen LogP contribution in [0.3, 0.4) is 0 Å². The summed E-state index contributed by atoms with van der Waals surface area (Å²) in [6.07, 6.45) is 0. The van der Waals surface area contributed by atoms with E-state index in [1.807, 2.05) is 12.1 Å². The molecule has 0 fully saturated rings. The number of fused-ring (bicyclic) bond motifs is 3. The van der Waals surface area contributed by atoms with Crippen LogP contribution >= 0.6 is 79.6 Å². The zero-order valence-electron chi connectivity index (χ0n) is 8.53. The Labute approximate surface area is 145 Å². The maximum Gasteiger partial charge on any atom is 0.151 e. The number of hydrogen-bond donors (Lipinski definition) is 0. The van der Waals surface area contributed by atoms with Crippen molar-refractivity contribution in [2.75, 3.05) is 0 Å². The van der Waals surface area contributed by atoms with Crippen molar-refractivity contribution in [1.29, 1.82) is 0 Å². The lowest BCUT2D eigenvalue weighted by Crippen LogP contribution is -1.75. The molecule has 0 amide bonds. The zero-order chi connectivity index (χ0) is 13.0. The fraction of sp³-hybridized carbons (Fsp3) is 0.